The van der Waals surface area contributed by atoms with Crippen LogP contribution < -0.4 is 5.73 Å². The molecule has 0 atom stereocenters. The predicted molar refractivity (Wildman–Crippen MR) is 70.8 cm³/mol. The van der Waals surface area contributed by atoms with E-state index in [2.05, 4.69) is 0 Å². The summed E-state index contributed by atoms with van der Waals surface area (Å²) in [6.45, 7) is 6.00. The summed E-state index contributed by atoms with van der Waals surface area (Å²) in [5.41, 5.74) is 4.64. The molecule has 1 fully saturated rings. The van der Waals surface area contributed by atoms with Crippen molar-refractivity contribution in [3.8, 4) is 5.75 Å². The van der Waals surface area contributed by atoms with E-state index < -0.39 is 17.5 Å². The van der Waals surface area contributed by atoms with E-state index >= 15 is 0 Å². The molecule has 0 unspecified atom stereocenters. The van der Waals surface area contributed by atoms with Crippen molar-refractivity contribution in [1.82, 2.24) is 0 Å². The molecule has 6 heteroatoms. The number of nitrogen functional groups attached to an aromatic ring is 1. The molecule has 4 N–H and O–H groups in total. The highest BCUT2D eigenvalue weighted by Gasteiger charge is 2.11. The predicted octanol–water partition coefficient (Wildman–Crippen LogP) is 2.63. The van der Waals surface area contributed by atoms with Crippen molar-refractivity contribution in [3.05, 3.63) is 23.5 Å². The van der Waals surface area contributed by atoms with Gasteiger partial charge in [-0.15, -0.1) is 0 Å². The average Bonchev–Trinajstić information content (AvgIpc) is 2.95. The number of anilines is 1. The van der Waals surface area contributed by atoms with Gasteiger partial charge in [-0.25, -0.2) is 9.18 Å². The smallest absolute Gasteiger partial charge is 0.337 e. The molecule has 0 aromatic heterocycles. The summed E-state index contributed by atoms with van der Waals surface area (Å²) in [7, 11) is 0. The van der Waals surface area contributed by atoms with Crippen molar-refractivity contribution < 1.29 is 24.1 Å². The number of carbonyl (C=O) groups is 1. The number of carboxylic acids is 1. The molecular formula is C13H20FNO4. The molecule has 2 rings (SSSR count). The summed E-state index contributed by atoms with van der Waals surface area (Å²) >= 11 is 0. The number of aromatic carboxylic acids is 1. The molecule has 1 aliphatic heterocycles. The Balaban J connectivity index is 0.000000383. The number of benzene rings is 1. The maximum atomic E-state index is 12.5. The highest BCUT2D eigenvalue weighted by Crippen LogP contribution is 2.22. The molecule has 108 valence electrons. The third-order valence-electron chi connectivity index (χ3n) is 2.18. The number of nitrogens with two attached hydrogens (primary N) is 1. The van der Waals surface area contributed by atoms with Gasteiger partial charge in [0, 0.05) is 25.0 Å². The van der Waals surface area contributed by atoms with Crippen LogP contribution in [0.5, 0.6) is 5.75 Å². The van der Waals surface area contributed by atoms with E-state index in [4.69, 9.17) is 20.7 Å². The molecule has 0 amide bonds. The number of phenols is 1. The molecule has 1 aromatic carbocycles. The molecule has 0 bridgehead atoms. The zero-order valence-corrected chi connectivity index (χ0v) is 11.1. The van der Waals surface area contributed by atoms with Crippen LogP contribution in [0.4, 0.5) is 10.1 Å². The number of rotatable bonds is 1. The number of ether oxygens (including phenoxy) is 1. The van der Waals surface area contributed by atoms with Crippen molar-refractivity contribution in [2.75, 3.05) is 18.9 Å². The first-order valence-electron chi connectivity index (χ1n) is 6.11. The van der Waals surface area contributed by atoms with E-state index in [9.17, 15) is 9.18 Å². The second-order valence-electron chi connectivity index (χ2n) is 3.52. The van der Waals surface area contributed by atoms with Crippen molar-refractivity contribution in [3.63, 3.8) is 0 Å². The molecule has 0 spiro atoms. The molecule has 0 aliphatic carbocycles. The monoisotopic (exact) mass is 273 g/mol. The zero-order valence-electron chi connectivity index (χ0n) is 11.1. The Bertz CT molecular complexity index is 398. The molecule has 5 nitrogen and oxygen atoms in total. The Kier molecular flexibility index (Phi) is 8.28. The van der Waals surface area contributed by atoms with Gasteiger partial charge in [-0.3, -0.25) is 0 Å². The fraction of sp³-hybridized carbons (Fsp3) is 0.462. The lowest BCUT2D eigenvalue weighted by atomic mass is 10.1. The van der Waals surface area contributed by atoms with E-state index in [1.165, 1.54) is 12.8 Å². The largest absolute Gasteiger partial charge is 0.505 e. The first-order valence-corrected chi connectivity index (χ1v) is 6.11. The number of hydrogen-bond donors (Lipinski definition) is 3. The lowest BCUT2D eigenvalue weighted by molar-refractivity contribution is 0.0697. The zero-order chi connectivity index (χ0) is 14.8. The van der Waals surface area contributed by atoms with E-state index in [0.717, 1.165) is 25.3 Å². The van der Waals surface area contributed by atoms with Crippen LogP contribution >= 0.6 is 0 Å². The summed E-state index contributed by atoms with van der Waals surface area (Å²) in [5, 5.41) is 17.2. The van der Waals surface area contributed by atoms with Gasteiger partial charge in [-0.1, -0.05) is 13.8 Å². The van der Waals surface area contributed by atoms with Crippen LogP contribution in [-0.4, -0.2) is 29.4 Å². The number of phenolic OH excluding ortho intramolecular Hbond substituents is 1. The first kappa shape index (κ1) is 17.2. The molecule has 0 saturated carbocycles. The van der Waals surface area contributed by atoms with Gasteiger partial charge >= 0.3 is 5.97 Å². The number of halogens is 1. The summed E-state index contributed by atoms with van der Waals surface area (Å²) in [5.74, 6) is -2.96. The highest BCUT2D eigenvalue weighted by molar-refractivity contribution is 5.94. The van der Waals surface area contributed by atoms with E-state index in [1.54, 1.807) is 0 Å². The number of aromatic hydroxyl groups is 1. The first-order chi connectivity index (χ1) is 9.02. The lowest BCUT2D eigenvalue weighted by Gasteiger charge is -2.01. The van der Waals surface area contributed by atoms with Gasteiger partial charge in [0.2, 0.25) is 0 Å². The van der Waals surface area contributed by atoms with Gasteiger partial charge in [-0.05, 0) is 18.9 Å². The molecule has 19 heavy (non-hydrogen) atoms. The Labute approximate surface area is 111 Å². The maximum Gasteiger partial charge on any atom is 0.337 e. The van der Waals surface area contributed by atoms with Crippen LogP contribution in [0.2, 0.25) is 0 Å². The standard InChI is InChI=1S/C7H6FNO3.C4H8O.C2H6/c8-4-2-5(9)3(7(11)12)1-6(4)10;1-2-4-5-3-1;1-2/h1-2,10H,9H2,(H,11,12);1-4H2;1-2H3. The van der Waals surface area contributed by atoms with Crippen molar-refractivity contribution in [2.45, 2.75) is 26.7 Å². The van der Waals surface area contributed by atoms with Crippen LogP contribution in [0.25, 0.3) is 0 Å². The molecule has 1 aromatic rings. The van der Waals surface area contributed by atoms with Gasteiger partial charge in [0.1, 0.15) is 0 Å². The Morgan fingerprint density at radius 1 is 1.32 bits per heavy atom. The van der Waals surface area contributed by atoms with Gasteiger partial charge in [0.25, 0.3) is 0 Å². The van der Waals surface area contributed by atoms with E-state index in [-0.39, 0.29) is 11.3 Å². The minimum atomic E-state index is -1.30. The summed E-state index contributed by atoms with van der Waals surface area (Å²) < 4.78 is 17.4. The third kappa shape index (κ3) is 6.05. The molecular weight excluding hydrogens is 253 g/mol. The Morgan fingerprint density at radius 2 is 1.84 bits per heavy atom. The fourth-order valence-corrected chi connectivity index (χ4v) is 1.27. The van der Waals surface area contributed by atoms with Crippen LogP contribution in [-0.2, 0) is 4.74 Å². The number of carboxylic acid groups (broad SMARTS) is 1. The van der Waals surface area contributed by atoms with Gasteiger partial charge < -0.3 is 20.7 Å². The average molecular weight is 273 g/mol. The fourth-order valence-electron chi connectivity index (χ4n) is 1.27. The summed E-state index contributed by atoms with van der Waals surface area (Å²) in [4.78, 5) is 10.4. The Morgan fingerprint density at radius 3 is 2.21 bits per heavy atom. The van der Waals surface area contributed by atoms with Crippen LogP contribution in [0.1, 0.15) is 37.0 Å². The normalized spacial score (nSPS) is 12.8. The molecule has 1 saturated heterocycles. The van der Waals surface area contributed by atoms with Gasteiger partial charge in [0.05, 0.1) is 5.56 Å². The molecule has 1 aliphatic rings. The van der Waals surface area contributed by atoms with Crippen LogP contribution in [0, 0.1) is 5.82 Å². The number of hydrogen-bond acceptors (Lipinski definition) is 4. The van der Waals surface area contributed by atoms with E-state index in [0.29, 0.717) is 0 Å². The topological polar surface area (TPSA) is 92.8 Å². The van der Waals surface area contributed by atoms with Crippen molar-refractivity contribution >= 4 is 11.7 Å². The summed E-state index contributed by atoms with van der Waals surface area (Å²) in [6.07, 6.45) is 2.56. The van der Waals surface area contributed by atoms with Gasteiger partial charge in [-0.2, -0.15) is 0 Å². The maximum absolute atomic E-state index is 12.5. The SMILES string of the molecule is C1CCOC1.CC.Nc1cc(F)c(O)cc1C(=O)O. The highest BCUT2D eigenvalue weighted by atomic mass is 19.1. The Hall–Kier alpha value is -1.82. The van der Waals surface area contributed by atoms with Crippen LogP contribution in [0.15, 0.2) is 12.1 Å². The van der Waals surface area contributed by atoms with Crippen LogP contribution in [0.3, 0.4) is 0 Å². The molecule has 0 radical (unpaired) electrons. The second-order valence-corrected chi connectivity index (χ2v) is 3.52. The lowest BCUT2D eigenvalue weighted by Crippen LogP contribution is -2.02. The summed E-state index contributed by atoms with van der Waals surface area (Å²) in [6, 6.07) is 1.53. The molecule has 1 heterocycles. The van der Waals surface area contributed by atoms with Gasteiger partial charge in [0.15, 0.2) is 11.6 Å². The minimum Gasteiger partial charge on any atom is -0.505 e. The van der Waals surface area contributed by atoms with Crippen molar-refractivity contribution in [2.24, 2.45) is 0 Å². The third-order valence-corrected chi connectivity index (χ3v) is 2.18. The van der Waals surface area contributed by atoms with Crippen molar-refractivity contribution in [1.29, 1.82) is 0 Å². The quantitative estimate of drug-likeness (QED) is 0.540. The van der Waals surface area contributed by atoms with E-state index in [1.807, 2.05) is 13.8 Å². The second kappa shape index (κ2) is 9.16. The minimum absolute atomic E-state index is 0.210.